The van der Waals surface area contributed by atoms with E-state index in [4.69, 9.17) is 0 Å². The predicted octanol–water partition coefficient (Wildman–Crippen LogP) is 14.6. The molecular weight excluding hydrogens is 627 g/mol. The van der Waals surface area contributed by atoms with Crippen LogP contribution < -0.4 is 5.32 Å². The van der Waals surface area contributed by atoms with E-state index in [1.165, 1.54) is 218 Å². The third-order valence-electron chi connectivity index (χ3n) is 11.0. The number of unbranched alkanes of at least 4 members (excludes halogenated alkanes) is 36. The fourth-order valence-electron chi connectivity index (χ4n) is 7.42. The van der Waals surface area contributed by atoms with Crippen molar-refractivity contribution in [3.63, 3.8) is 0 Å². The first kappa shape index (κ1) is 50.1. The highest BCUT2D eigenvalue weighted by molar-refractivity contribution is 5.76. The standard InChI is InChI=1S/C47H93NO3/c1-3-5-7-9-11-13-15-17-18-19-20-21-22-23-24-25-26-27-28-29-31-33-35-37-39-41-43-47(51)48-45(44-49)46(50)42-40-38-36-34-32-30-16-14-12-10-8-6-4-2/h40,42,45-46,49-50H,3-39,41,43-44H2,1-2H3,(H,48,51). The normalized spacial score (nSPS) is 12.9. The molecule has 0 saturated heterocycles. The molecule has 0 aromatic carbocycles. The van der Waals surface area contributed by atoms with Crippen LogP contribution in [0.3, 0.4) is 0 Å². The van der Waals surface area contributed by atoms with Crippen molar-refractivity contribution in [3.8, 4) is 0 Å². The van der Waals surface area contributed by atoms with Gasteiger partial charge >= 0.3 is 0 Å². The van der Waals surface area contributed by atoms with Gasteiger partial charge in [0.2, 0.25) is 5.91 Å². The summed E-state index contributed by atoms with van der Waals surface area (Å²) in [7, 11) is 0. The summed E-state index contributed by atoms with van der Waals surface area (Å²) in [6, 6.07) is -0.616. The number of carbonyl (C=O) groups excluding carboxylic acids is 1. The SMILES string of the molecule is CCCCCCCCCCCCCC=CC(O)C(CO)NC(=O)CCCCCCCCCCCCCCCCCCCCCCCCCCCC. The molecule has 0 aliphatic rings. The molecule has 4 nitrogen and oxygen atoms in total. The number of hydrogen-bond acceptors (Lipinski definition) is 3. The summed E-state index contributed by atoms with van der Waals surface area (Å²) in [5, 5.41) is 23.0. The quantitative estimate of drug-likeness (QED) is 0.0434. The van der Waals surface area contributed by atoms with Crippen molar-refractivity contribution >= 4 is 5.91 Å². The Bertz CT molecular complexity index is 695. The van der Waals surface area contributed by atoms with Gasteiger partial charge in [0.1, 0.15) is 0 Å². The van der Waals surface area contributed by atoms with Crippen molar-refractivity contribution in [1.82, 2.24) is 5.32 Å². The van der Waals surface area contributed by atoms with Gasteiger partial charge in [0, 0.05) is 6.42 Å². The summed E-state index contributed by atoms with van der Waals surface area (Å²) >= 11 is 0. The second-order valence-electron chi connectivity index (χ2n) is 16.2. The van der Waals surface area contributed by atoms with Crippen molar-refractivity contribution < 1.29 is 15.0 Å². The number of nitrogens with one attached hydrogen (secondary N) is 1. The molecule has 0 saturated carbocycles. The molecule has 0 heterocycles. The maximum Gasteiger partial charge on any atom is 0.220 e. The van der Waals surface area contributed by atoms with Crippen molar-refractivity contribution in [2.45, 2.75) is 276 Å². The van der Waals surface area contributed by atoms with Crippen LogP contribution in [0.25, 0.3) is 0 Å². The zero-order chi connectivity index (χ0) is 37.1. The Kier molecular flexibility index (Phi) is 42.8. The van der Waals surface area contributed by atoms with Crippen LogP contribution in [0.5, 0.6) is 0 Å². The van der Waals surface area contributed by atoms with Gasteiger partial charge in [-0.3, -0.25) is 4.79 Å². The summed E-state index contributed by atoms with van der Waals surface area (Å²) in [6.07, 6.45) is 54.8. The number of carbonyl (C=O) groups is 1. The second kappa shape index (κ2) is 43.5. The molecule has 304 valence electrons. The minimum atomic E-state index is -0.833. The highest BCUT2D eigenvalue weighted by atomic mass is 16.3. The van der Waals surface area contributed by atoms with E-state index < -0.39 is 12.1 Å². The van der Waals surface area contributed by atoms with E-state index in [0.29, 0.717) is 6.42 Å². The molecule has 4 heteroatoms. The zero-order valence-electron chi connectivity index (χ0n) is 34.9. The van der Waals surface area contributed by atoms with E-state index in [-0.39, 0.29) is 12.5 Å². The molecule has 0 radical (unpaired) electrons. The van der Waals surface area contributed by atoms with E-state index >= 15 is 0 Å². The third kappa shape index (κ3) is 40.2. The molecule has 0 rings (SSSR count). The Labute approximate surface area is 320 Å². The van der Waals surface area contributed by atoms with E-state index in [1.54, 1.807) is 6.08 Å². The molecule has 0 fully saturated rings. The predicted molar refractivity (Wildman–Crippen MR) is 226 cm³/mol. The molecule has 0 aromatic rings. The first-order chi connectivity index (χ1) is 25.2. The van der Waals surface area contributed by atoms with Crippen LogP contribution in [0.2, 0.25) is 0 Å². The van der Waals surface area contributed by atoms with E-state index in [0.717, 1.165) is 25.7 Å². The largest absolute Gasteiger partial charge is 0.394 e. The number of rotatable bonds is 43. The molecule has 2 unspecified atom stereocenters. The van der Waals surface area contributed by atoms with Crippen molar-refractivity contribution in [2.75, 3.05) is 6.61 Å². The van der Waals surface area contributed by atoms with Crippen molar-refractivity contribution in [2.24, 2.45) is 0 Å². The number of aliphatic hydroxyl groups excluding tert-OH is 2. The lowest BCUT2D eigenvalue weighted by atomic mass is 10.0. The van der Waals surface area contributed by atoms with Crippen LogP contribution in [-0.4, -0.2) is 34.9 Å². The zero-order valence-corrected chi connectivity index (χ0v) is 34.9. The van der Waals surface area contributed by atoms with Crippen LogP contribution in [0.1, 0.15) is 264 Å². The van der Waals surface area contributed by atoms with E-state index in [9.17, 15) is 15.0 Å². The van der Waals surface area contributed by atoms with Crippen LogP contribution >= 0.6 is 0 Å². The van der Waals surface area contributed by atoms with Gasteiger partial charge in [-0.2, -0.15) is 0 Å². The summed E-state index contributed by atoms with van der Waals surface area (Å²) in [5.41, 5.74) is 0. The Morgan fingerprint density at radius 1 is 0.451 bits per heavy atom. The second-order valence-corrected chi connectivity index (χ2v) is 16.2. The number of aliphatic hydroxyl groups is 2. The maximum atomic E-state index is 12.4. The molecule has 0 aliphatic carbocycles. The first-order valence-electron chi connectivity index (χ1n) is 23.4. The van der Waals surface area contributed by atoms with Crippen LogP contribution in [0.15, 0.2) is 12.2 Å². The van der Waals surface area contributed by atoms with Gasteiger partial charge in [-0.05, 0) is 19.3 Å². The fourth-order valence-corrected chi connectivity index (χ4v) is 7.42. The van der Waals surface area contributed by atoms with E-state index in [2.05, 4.69) is 19.2 Å². The molecule has 0 bridgehead atoms. The first-order valence-corrected chi connectivity index (χ1v) is 23.4. The average molecular weight is 720 g/mol. The van der Waals surface area contributed by atoms with Gasteiger partial charge < -0.3 is 15.5 Å². The van der Waals surface area contributed by atoms with Gasteiger partial charge in [-0.1, -0.05) is 251 Å². The monoisotopic (exact) mass is 720 g/mol. The van der Waals surface area contributed by atoms with Gasteiger partial charge in [0.15, 0.2) is 0 Å². The fraction of sp³-hybridized carbons (Fsp3) is 0.936. The average Bonchev–Trinajstić information content (AvgIpc) is 3.13. The molecule has 0 aromatic heterocycles. The summed E-state index contributed by atoms with van der Waals surface area (Å²) in [5.74, 6) is -0.0591. The highest BCUT2D eigenvalue weighted by Gasteiger charge is 2.18. The Morgan fingerprint density at radius 3 is 1.02 bits per heavy atom. The van der Waals surface area contributed by atoms with Crippen molar-refractivity contribution in [1.29, 1.82) is 0 Å². The lowest BCUT2D eigenvalue weighted by Crippen LogP contribution is -2.45. The topological polar surface area (TPSA) is 69.6 Å². The number of amides is 1. The van der Waals surface area contributed by atoms with Crippen molar-refractivity contribution in [3.05, 3.63) is 12.2 Å². The minimum Gasteiger partial charge on any atom is -0.394 e. The van der Waals surface area contributed by atoms with Crippen LogP contribution in [-0.2, 0) is 4.79 Å². The van der Waals surface area contributed by atoms with Gasteiger partial charge in [0.05, 0.1) is 18.8 Å². The van der Waals surface area contributed by atoms with E-state index in [1.807, 2.05) is 6.08 Å². The van der Waals surface area contributed by atoms with Gasteiger partial charge in [-0.25, -0.2) is 0 Å². The molecule has 0 aliphatic heterocycles. The molecule has 2 atom stereocenters. The van der Waals surface area contributed by atoms with Crippen LogP contribution in [0.4, 0.5) is 0 Å². The highest BCUT2D eigenvalue weighted by Crippen LogP contribution is 2.17. The molecule has 0 spiro atoms. The minimum absolute atomic E-state index is 0.0591. The Balaban J connectivity index is 3.44. The lowest BCUT2D eigenvalue weighted by molar-refractivity contribution is -0.123. The lowest BCUT2D eigenvalue weighted by Gasteiger charge is -2.20. The molecular formula is C47H93NO3. The summed E-state index contributed by atoms with van der Waals surface area (Å²) < 4.78 is 0. The maximum absolute atomic E-state index is 12.4. The molecule has 51 heavy (non-hydrogen) atoms. The Hall–Kier alpha value is -0.870. The van der Waals surface area contributed by atoms with Gasteiger partial charge in [0.25, 0.3) is 0 Å². The number of hydrogen-bond donors (Lipinski definition) is 3. The van der Waals surface area contributed by atoms with Crippen LogP contribution in [0, 0.1) is 0 Å². The summed E-state index contributed by atoms with van der Waals surface area (Å²) in [6.45, 7) is 4.33. The Morgan fingerprint density at radius 2 is 0.725 bits per heavy atom. The third-order valence-corrected chi connectivity index (χ3v) is 11.0. The molecule has 3 N–H and O–H groups in total. The summed E-state index contributed by atoms with van der Waals surface area (Å²) in [4.78, 5) is 12.4. The van der Waals surface area contributed by atoms with Gasteiger partial charge in [-0.15, -0.1) is 0 Å². The smallest absolute Gasteiger partial charge is 0.220 e. The molecule has 1 amide bonds. The number of allylic oxidation sites excluding steroid dienone is 1.